The van der Waals surface area contributed by atoms with Crippen LogP contribution in [0.3, 0.4) is 0 Å². The van der Waals surface area contributed by atoms with Crippen molar-refractivity contribution in [3.05, 3.63) is 28.7 Å². The molecule has 2 aromatic heterocycles. The molecule has 0 N–H and O–H groups in total. The Hall–Kier alpha value is -2.79. The minimum Gasteiger partial charge on any atom is -0.380 e. The quantitative estimate of drug-likeness (QED) is 0.574. The molecule has 3 rings (SSSR count). The predicted octanol–water partition coefficient (Wildman–Crippen LogP) is 1.35. The maximum Gasteiger partial charge on any atom is 0.276 e. The van der Waals surface area contributed by atoms with Crippen LogP contribution < -0.4 is 0 Å². The van der Waals surface area contributed by atoms with E-state index < -0.39 is 0 Å². The maximum atomic E-state index is 13.1. The van der Waals surface area contributed by atoms with Crippen LogP contribution >= 0.6 is 0 Å². The molecule has 1 atom stereocenters. The van der Waals surface area contributed by atoms with Crippen LogP contribution in [0.2, 0.25) is 0 Å². The molecule has 0 saturated carbocycles. The van der Waals surface area contributed by atoms with Crippen molar-refractivity contribution in [3.8, 4) is 0 Å². The standard InChI is InChI=1S/C20H29N5O6/c1-13-16(11-28-3)19(23-30-13)20(27)24-8-5-6-15(10-24)25(14(2)26)9-7-17-21-18(12-29-4)31-22-17/h15H,5-12H2,1-4H3. The number of piperidine rings is 1. The SMILES string of the molecule is COCc1nc(CCN(C(C)=O)C2CCCN(C(=O)c3noc(C)c3COC)C2)no1. The minimum atomic E-state index is -0.209. The van der Waals surface area contributed by atoms with Crippen LogP contribution in [0.4, 0.5) is 0 Å². The molecule has 31 heavy (non-hydrogen) atoms. The van der Waals surface area contributed by atoms with E-state index >= 15 is 0 Å². The third-order valence-corrected chi connectivity index (χ3v) is 5.36. The molecule has 11 heteroatoms. The zero-order valence-electron chi connectivity index (χ0n) is 18.4. The van der Waals surface area contributed by atoms with Crippen molar-refractivity contribution >= 4 is 11.8 Å². The first-order valence-electron chi connectivity index (χ1n) is 10.3. The summed E-state index contributed by atoms with van der Waals surface area (Å²) in [6.45, 7) is 5.25. The van der Waals surface area contributed by atoms with E-state index in [4.69, 9.17) is 18.5 Å². The van der Waals surface area contributed by atoms with Crippen LogP contribution in [0, 0.1) is 6.92 Å². The zero-order valence-corrected chi connectivity index (χ0v) is 18.4. The van der Waals surface area contributed by atoms with E-state index in [9.17, 15) is 9.59 Å². The lowest BCUT2D eigenvalue weighted by Gasteiger charge is -2.38. The third-order valence-electron chi connectivity index (χ3n) is 5.36. The number of aromatic nitrogens is 3. The molecule has 2 aromatic rings. The Bertz CT molecular complexity index is 895. The molecule has 170 valence electrons. The molecule has 0 radical (unpaired) electrons. The second-order valence-electron chi connectivity index (χ2n) is 7.55. The van der Waals surface area contributed by atoms with Crippen molar-refractivity contribution in [2.45, 2.75) is 52.4 Å². The van der Waals surface area contributed by atoms with E-state index in [0.717, 1.165) is 12.8 Å². The van der Waals surface area contributed by atoms with Crippen LogP contribution in [0.25, 0.3) is 0 Å². The molecule has 0 aliphatic carbocycles. The Kier molecular flexibility index (Phi) is 7.75. The van der Waals surface area contributed by atoms with Crippen molar-refractivity contribution in [1.29, 1.82) is 0 Å². The van der Waals surface area contributed by atoms with E-state index in [1.165, 1.54) is 6.92 Å². The Morgan fingerprint density at radius 1 is 1.19 bits per heavy atom. The van der Waals surface area contributed by atoms with E-state index in [2.05, 4.69) is 15.3 Å². The lowest BCUT2D eigenvalue weighted by Crippen LogP contribution is -2.52. The van der Waals surface area contributed by atoms with Gasteiger partial charge >= 0.3 is 0 Å². The van der Waals surface area contributed by atoms with E-state index in [0.29, 0.717) is 49.1 Å². The Morgan fingerprint density at radius 3 is 2.68 bits per heavy atom. The molecule has 1 aliphatic heterocycles. The lowest BCUT2D eigenvalue weighted by molar-refractivity contribution is -0.132. The van der Waals surface area contributed by atoms with Gasteiger partial charge in [-0.1, -0.05) is 10.3 Å². The number of nitrogens with zero attached hydrogens (tertiary/aromatic N) is 5. The average Bonchev–Trinajstić information content (AvgIpc) is 3.35. The van der Waals surface area contributed by atoms with Gasteiger partial charge in [-0.3, -0.25) is 9.59 Å². The van der Waals surface area contributed by atoms with Gasteiger partial charge in [0.1, 0.15) is 12.4 Å². The monoisotopic (exact) mass is 435 g/mol. The van der Waals surface area contributed by atoms with Crippen LogP contribution in [-0.2, 0) is 33.9 Å². The second-order valence-corrected chi connectivity index (χ2v) is 7.55. The van der Waals surface area contributed by atoms with Crippen LogP contribution in [0.1, 0.15) is 53.3 Å². The molecule has 3 heterocycles. The first-order chi connectivity index (χ1) is 14.9. The number of ether oxygens (including phenoxy) is 2. The summed E-state index contributed by atoms with van der Waals surface area (Å²) >= 11 is 0. The lowest BCUT2D eigenvalue weighted by atomic mass is 10.0. The van der Waals surface area contributed by atoms with Gasteiger partial charge in [0.15, 0.2) is 11.5 Å². The number of rotatable bonds is 9. The van der Waals surface area contributed by atoms with Crippen molar-refractivity contribution in [2.75, 3.05) is 33.9 Å². The Labute approximate surface area is 180 Å². The molecule has 1 saturated heterocycles. The number of methoxy groups -OCH3 is 2. The molecule has 2 amide bonds. The molecule has 1 aliphatic rings. The number of hydrogen-bond donors (Lipinski definition) is 0. The number of likely N-dealkylation sites (tertiary alicyclic amines) is 1. The van der Waals surface area contributed by atoms with Crippen LogP contribution in [0.5, 0.6) is 0 Å². The van der Waals surface area contributed by atoms with E-state index in [-0.39, 0.29) is 36.8 Å². The fourth-order valence-corrected chi connectivity index (χ4v) is 3.81. The van der Waals surface area contributed by atoms with Gasteiger partial charge in [-0.15, -0.1) is 0 Å². The highest BCUT2D eigenvalue weighted by Gasteiger charge is 2.32. The first kappa shape index (κ1) is 22.9. The smallest absolute Gasteiger partial charge is 0.276 e. The fourth-order valence-electron chi connectivity index (χ4n) is 3.81. The Morgan fingerprint density at radius 2 is 1.97 bits per heavy atom. The molecular weight excluding hydrogens is 406 g/mol. The van der Waals surface area contributed by atoms with Crippen molar-refractivity contribution in [1.82, 2.24) is 25.1 Å². The second kappa shape index (κ2) is 10.5. The molecule has 0 bridgehead atoms. The summed E-state index contributed by atoms with van der Waals surface area (Å²) in [5.74, 6) is 1.22. The highest BCUT2D eigenvalue weighted by molar-refractivity contribution is 5.94. The third kappa shape index (κ3) is 5.47. The number of carbonyl (C=O) groups excluding carboxylic acids is 2. The van der Waals surface area contributed by atoms with Crippen LogP contribution in [0.15, 0.2) is 9.05 Å². The summed E-state index contributed by atoms with van der Waals surface area (Å²) in [6.07, 6.45) is 2.06. The summed E-state index contributed by atoms with van der Waals surface area (Å²) in [4.78, 5) is 33.2. The predicted molar refractivity (Wildman–Crippen MR) is 107 cm³/mol. The highest BCUT2D eigenvalue weighted by Crippen LogP contribution is 2.22. The normalized spacial score (nSPS) is 16.5. The molecular formula is C20H29N5O6. The highest BCUT2D eigenvalue weighted by atomic mass is 16.5. The van der Waals surface area contributed by atoms with Crippen LogP contribution in [-0.4, -0.2) is 76.8 Å². The fraction of sp³-hybridized carbons (Fsp3) is 0.650. The summed E-state index contributed by atoms with van der Waals surface area (Å²) in [6, 6.07) is -0.0978. The number of amides is 2. The van der Waals surface area contributed by atoms with Crippen molar-refractivity contribution in [3.63, 3.8) is 0 Å². The largest absolute Gasteiger partial charge is 0.380 e. The van der Waals surface area contributed by atoms with E-state index in [1.807, 2.05) is 0 Å². The van der Waals surface area contributed by atoms with Gasteiger partial charge in [0.05, 0.1) is 12.2 Å². The average molecular weight is 435 g/mol. The molecule has 0 aromatic carbocycles. The van der Waals surface area contributed by atoms with Crippen molar-refractivity contribution in [2.24, 2.45) is 0 Å². The van der Waals surface area contributed by atoms with Gasteiger partial charge < -0.3 is 28.3 Å². The minimum absolute atomic E-state index is 0.0581. The van der Waals surface area contributed by atoms with Gasteiger partial charge in [0.2, 0.25) is 5.91 Å². The first-order valence-corrected chi connectivity index (χ1v) is 10.3. The molecule has 1 fully saturated rings. The van der Waals surface area contributed by atoms with Gasteiger partial charge in [0, 0.05) is 53.2 Å². The van der Waals surface area contributed by atoms with Gasteiger partial charge in [0.25, 0.3) is 11.8 Å². The number of aryl methyl sites for hydroxylation is 1. The summed E-state index contributed by atoms with van der Waals surface area (Å²) in [5.41, 5.74) is 0.925. The van der Waals surface area contributed by atoms with Gasteiger partial charge in [-0.05, 0) is 19.8 Å². The molecule has 1 unspecified atom stereocenters. The molecule has 0 spiro atoms. The van der Waals surface area contributed by atoms with Gasteiger partial charge in [-0.2, -0.15) is 4.98 Å². The molecule has 11 nitrogen and oxygen atoms in total. The zero-order chi connectivity index (χ0) is 22.4. The topological polar surface area (TPSA) is 124 Å². The van der Waals surface area contributed by atoms with Gasteiger partial charge in [-0.25, -0.2) is 0 Å². The maximum absolute atomic E-state index is 13.1. The number of carbonyl (C=O) groups is 2. The summed E-state index contributed by atoms with van der Waals surface area (Å²) in [7, 11) is 3.11. The number of hydrogen-bond acceptors (Lipinski definition) is 9. The summed E-state index contributed by atoms with van der Waals surface area (Å²) < 4.78 is 20.5. The van der Waals surface area contributed by atoms with Crippen molar-refractivity contribution < 1.29 is 28.1 Å². The Balaban J connectivity index is 1.66. The van der Waals surface area contributed by atoms with E-state index in [1.54, 1.807) is 30.9 Å². The summed E-state index contributed by atoms with van der Waals surface area (Å²) in [5, 5.41) is 7.87.